The topological polar surface area (TPSA) is 0 Å². The molecule has 0 aliphatic carbocycles. The summed E-state index contributed by atoms with van der Waals surface area (Å²) in [4.78, 5) is 0. The average Bonchev–Trinajstić information content (AvgIpc) is 2.32. The fraction of sp³-hybridized carbons (Fsp3) is 0.714. The molecule has 0 heterocycles. The zero-order valence-electron chi connectivity index (χ0n) is 11.6. The van der Waals surface area contributed by atoms with E-state index in [0.717, 1.165) is 6.42 Å². The van der Waals surface area contributed by atoms with E-state index in [2.05, 4.69) is 39.5 Å². The van der Waals surface area contributed by atoms with Crippen LogP contribution in [0, 0.1) is 0 Å². The lowest BCUT2D eigenvalue weighted by Gasteiger charge is -1.72. The van der Waals surface area contributed by atoms with Crippen LogP contribution in [0.3, 0.4) is 0 Å². The number of hydrogen-bond acceptors (Lipinski definition) is 0. The predicted molar refractivity (Wildman–Crippen MR) is 72.9 cm³/mol. The van der Waals surface area contributed by atoms with Crippen LogP contribution in [0.5, 0.6) is 0 Å². The molecule has 0 saturated carbocycles. The van der Waals surface area contributed by atoms with Gasteiger partial charge in [-0.15, -0.1) is 6.58 Å². The van der Waals surface area contributed by atoms with E-state index < -0.39 is 0 Å². The molecule has 0 amide bonds. The van der Waals surface area contributed by atoms with Gasteiger partial charge in [-0.3, -0.25) is 0 Å². The summed E-state index contributed by atoms with van der Waals surface area (Å²) in [5.74, 6) is 0. The summed E-state index contributed by atoms with van der Waals surface area (Å²) in [6, 6.07) is 0. The summed E-state index contributed by atoms with van der Waals surface area (Å²) in [6.07, 6.45) is 9.67. The molecule has 0 aromatic rings. The zero-order chi connectivity index (χ0) is 12.2. The molecule has 0 aromatic heterocycles. The highest BCUT2D eigenvalue weighted by atomic mass is 13.7. The Bertz CT molecular complexity index is 64.1. The molecule has 0 heteroatoms. The van der Waals surface area contributed by atoms with Crippen LogP contribution in [0.4, 0.5) is 0 Å². The van der Waals surface area contributed by atoms with E-state index >= 15 is 0 Å². The van der Waals surface area contributed by atoms with Crippen LogP contribution >= 0.6 is 0 Å². The quantitative estimate of drug-likeness (QED) is 0.490. The molecule has 0 aliphatic heterocycles. The van der Waals surface area contributed by atoms with Crippen LogP contribution in [-0.4, -0.2) is 0 Å². The Morgan fingerprint density at radius 1 is 0.714 bits per heavy atom. The molecular weight excluding hydrogens is 168 g/mol. The Balaban J connectivity index is -0.0000000546. The molecule has 0 nitrogen and oxygen atoms in total. The van der Waals surface area contributed by atoms with Gasteiger partial charge in [-0.2, -0.15) is 0 Å². The molecule has 0 saturated heterocycles. The van der Waals surface area contributed by atoms with E-state index in [1.165, 1.54) is 12.8 Å². The second-order valence-corrected chi connectivity index (χ2v) is 1.98. The summed E-state index contributed by atoms with van der Waals surface area (Å²) in [7, 11) is 0. The molecule has 0 bridgehead atoms. The third-order valence-electron chi connectivity index (χ3n) is 0.927. The molecule has 0 rings (SSSR count). The lowest BCUT2D eigenvalue weighted by molar-refractivity contribution is 1.16. The van der Waals surface area contributed by atoms with Crippen LogP contribution in [0.2, 0.25) is 0 Å². The predicted octanol–water partition coefficient (Wildman–Crippen LogP) is 6.00. The van der Waals surface area contributed by atoms with E-state index in [9.17, 15) is 0 Å². The van der Waals surface area contributed by atoms with Crippen molar-refractivity contribution in [1.29, 1.82) is 0 Å². The fourth-order valence-electron chi connectivity index (χ4n) is 0.333. The summed E-state index contributed by atoms with van der Waals surface area (Å²) in [5.41, 5.74) is 0. The normalized spacial score (nSPS) is 7.07. The van der Waals surface area contributed by atoms with Crippen molar-refractivity contribution in [3.8, 4) is 0 Å². The van der Waals surface area contributed by atoms with Crippen molar-refractivity contribution in [3.63, 3.8) is 0 Å². The molecule has 14 heavy (non-hydrogen) atoms. The van der Waals surface area contributed by atoms with Gasteiger partial charge in [0, 0.05) is 0 Å². The maximum Gasteiger partial charge on any atom is -0.0379 e. The Morgan fingerprint density at radius 2 is 0.929 bits per heavy atom. The third-order valence-corrected chi connectivity index (χ3v) is 0.927. The lowest BCUT2D eigenvalue weighted by Crippen LogP contribution is -1.51. The van der Waals surface area contributed by atoms with Crippen LogP contribution in [0.1, 0.15) is 67.7 Å². The van der Waals surface area contributed by atoms with Gasteiger partial charge in [0.2, 0.25) is 0 Å². The first-order valence-corrected chi connectivity index (χ1v) is 6.09. The highest BCUT2D eigenvalue weighted by Crippen LogP contribution is 1.81. The van der Waals surface area contributed by atoms with E-state index in [4.69, 9.17) is 0 Å². The highest BCUT2D eigenvalue weighted by molar-refractivity contribution is 4.77. The second kappa shape index (κ2) is 54.8. The maximum absolute atomic E-state index is 3.48. The van der Waals surface area contributed by atoms with Gasteiger partial charge in [0.05, 0.1) is 0 Å². The van der Waals surface area contributed by atoms with Gasteiger partial charge >= 0.3 is 0 Å². The minimum Gasteiger partial charge on any atom is -0.103 e. The fourth-order valence-corrected chi connectivity index (χ4v) is 0.333. The first kappa shape index (κ1) is 23.4. The number of hydrogen-bond donors (Lipinski definition) is 0. The first-order chi connectivity index (χ1) is 6.83. The molecule has 0 unspecified atom stereocenters. The van der Waals surface area contributed by atoms with Crippen LogP contribution in [0.25, 0.3) is 0 Å². The van der Waals surface area contributed by atoms with Crippen LogP contribution in [-0.2, 0) is 0 Å². The summed E-state index contributed by atoms with van der Waals surface area (Å²) in [5, 5.41) is 0. The van der Waals surface area contributed by atoms with Gasteiger partial charge in [-0.05, 0) is 19.3 Å². The molecule has 0 aliphatic rings. The van der Waals surface area contributed by atoms with E-state index in [1.807, 2.05) is 33.8 Å². The molecule has 0 atom stereocenters. The van der Waals surface area contributed by atoms with Gasteiger partial charge in [-0.1, -0.05) is 66.7 Å². The Hall–Kier alpha value is -0.520. The maximum atomic E-state index is 3.48. The molecule has 0 aromatic carbocycles. The monoisotopic (exact) mass is 200 g/mol. The van der Waals surface area contributed by atoms with Gasteiger partial charge in [0.1, 0.15) is 0 Å². The van der Waals surface area contributed by atoms with Crippen LogP contribution < -0.4 is 0 Å². The zero-order valence-corrected chi connectivity index (χ0v) is 11.6. The molecule has 0 spiro atoms. The summed E-state index contributed by atoms with van der Waals surface area (Å²) >= 11 is 0. The van der Waals surface area contributed by atoms with Gasteiger partial charge < -0.3 is 0 Å². The third kappa shape index (κ3) is 104. The van der Waals surface area contributed by atoms with Crippen molar-refractivity contribution in [2.45, 2.75) is 67.7 Å². The van der Waals surface area contributed by atoms with Crippen LogP contribution in [0.15, 0.2) is 24.8 Å². The lowest BCUT2D eigenvalue weighted by atomic mass is 10.4. The van der Waals surface area contributed by atoms with E-state index in [1.54, 1.807) is 0 Å². The molecular formula is C14H32. The minimum absolute atomic E-state index is 1.08. The SMILES string of the molecule is C=CCC.CC.CC.CC/C=C\CC. The Morgan fingerprint density at radius 3 is 1.00 bits per heavy atom. The van der Waals surface area contributed by atoms with Crippen molar-refractivity contribution in [2.75, 3.05) is 0 Å². The molecule has 0 fully saturated rings. The van der Waals surface area contributed by atoms with Crippen molar-refractivity contribution < 1.29 is 0 Å². The number of rotatable bonds is 3. The van der Waals surface area contributed by atoms with Gasteiger partial charge in [-0.25, -0.2) is 0 Å². The summed E-state index contributed by atoms with van der Waals surface area (Å²) in [6.45, 7) is 17.8. The van der Waals surface area contributed by atoms with E-state index in [-0.39, 0.29) is 0 Å². The molecule has 0 radical (unpaired) electrons. The second-order valence-electron chi connectivity index (χ2n) is 1.98. The van der Waals surface area contributed by atoms with Crippen molar-refractivity contribution in [1.82, 2.24) is 0 Å². The Labute approximate surface area is 93.1 Å². The Kier molecular flexibility index (Phi) is 91.4. The first-order valence-electron chi connectivity index (χ1n) is 6.09. The number of allylic oxidation sites excluding steroid dienone is 3. The standard InChI is InChI=1S/C6H12.C4H8.2C2H6/c1-3-5-6-4-2;1-3-4-2;2*1-2/h5-6H,3-4H2,1-2H3;3H,1,4H2,2H3;2*1-2H3/b6-5-;;;. The van der Waals surface area contributed by atoms with Gasteiger partial charge in [0.25, 0.3) is 0 Å². The van der Waals surface area contributed by atoms with Crippen molar-refractivity contribution in [2.24, 2.45) is 0 Å². The average molecular weight is 200 g/mol. The largest absolute Gasteiger partial charge is 0.103 e. The van der Waals surface area contributed by atoms with E-state index in [0.29, 0.717) is 0 Å². The molecule has 0 N–H and O–H groups in total. The smallest absolute Gasteiger partial charge is 0.0379 e. The minimum atomic E-state index is 1.08. The summed E-state index contributed by atoms with van der Waals surface area (Å²) < 4.78 is 0. The van der Waals surface area contributed by atoms with Crippen molar-refractivity contribution >= 4 is 0 Å². The van der Waals surface area contributed by atoms with Crippen molar-refractivity contribution in [3.05, 3.63) is 24.8 Å². The van der Waals surface area contributed by atoms with Gasteiger partial charge in [0.15, 0.2) is 0 Å². The molecule has 88 valence electrons. The highest BCUT2D eigenvalue weighted by Gasteiger charge is 1.60.